The highest BCUT2D eigenvalue weighted by Crippen LogP contribution is 2.43. The van der Waals surface area contributed by atoms with Crippen molar-refractivity contribution in [2.75, 3.05) is 0 Å². The van der Waals surface area contributed by atoms with Crippen molar-refractivity contribution < 1.29 is 27.9 Å². The van der Waals surface area contributed by atoms with Crippen LogP contribution in [0, 0.1) is 0 Å². The van der Waals surface area contributed by atoms with Gasteiger partial charge in [-0.15, -0.1) is 11.3 Å². The van der Waals surface area contributed by atoms with Crippen LogP contribution < -0.4 is 4.43 Å². The first-order valence-corrected chi connectivity index (χ1v) is 21.6. The predicted molar refractivity (Wildman–Crippen MR) is 202 cm³/mol. The average molecular weight is 714 g/mol. The van der Waals surface area contributed by atoms with Crippen LogP contribution in [0.4, 0.5) is 9.59 Å². The molecule has 3 heterocycles. The first-order valence-electron chi connectivity index (χ1n) is 16.6. The van der Waals surface area contributed by atoms with E-state index in [9.17, 15) is 9.59 Å². The first kappa shape index (κ1) is 37.9. The lowest BCUT2D eigenvalue weighted by Crippen LogP contribution is -2.43. The molecule has 0 aliphatic heterocycles. The van der Waals surface area contributed by atoms with Crippen LogP contribution in [0.15, 0.2) is 30.3 Å². The van der Waals surface area contributed by atoms with E-state index in [1.165, 1.54) is 16.0 Å². The van der Waals surface area contributed by atoms with Crippen molar-refractivity contribution >= 4 is 62.7 Å². The van der Waals surface area contributed by atoms with Gasteiger partial charge in [-0.3, -0.25) is 0 Å². The van der Waals surface area contributed by atoms with Crippen LogP contribution in [0.5, 0.6) is 5.75 Å². The highest BCUT2D eigenvalue weighted by atomic mass is 32.1. The summed E-state index contributed by atoms with van der Waals surface area (Å²) in [5, 5.41) is 5.74. The summed E-state index contributed by atoms with van der Waals surface area (Å²) >= 11 is 1.51. The molecule has 0 unspecified atom stereocenters. The fourth-order valence-electron chi connectivity index (χ4n) is 4.65. The summed E-state index contributed by atoms with van der Waals surface area (Å²) in [7, 11) is -3.06. The van der Waals surface area contributed by atoms with E-state index in [-0.39, 0.29) is 10.1 Å². The molecular formula is C36H55N3O6SSi2. The number of hydrogen-bond acceptors (Lipinski definition) is 8. The van der Waals surface area contributed by atoms with Crippen LogP contribution in [-0.4, -0.2) is 55.8 Å². The van der Waals surface area contributed by atoms with Crippen LogP contribution in [0.25, 0.3) is 32.5 Å². The molecule has 0 saturated carbocycles. The molecule has 9 nitrogen and oxygen atoms in total. The van der Waals surface area contributed by atoms with E-state index in [0.717, 1.165) is 15.0 Å². The lowest BCUT2D eigenvalue weighted by Gasteiger charge is -2.36. The minimum atomic E-state index is -2.17. The van der Waals surface area contributed by atoms with Crippen molar-refractivity contribution in [1.29, 1.82) is 0 Å². The molecule has 0 N–H and O–H groups in total. The van der Waals surface area contributed by atoms with E-state index in [0.29, 0.717) is 28.2 Å². The smallest absolute Gasteiger partial charge is 0.435 e. The molecule has 0 amide bonds. The van der Waals surface area contributed by atoms with Gasteiger partial charge in [-0.1, -0.05) is 41.5 Å². The van der Waals surface area contributed by atoms with Gasteiger partial charge in [-0.25, -0.2) is 14.2 Å². The summed E-state index contributed by atoms with van der Waals surface area (Å²) in [5.41, 5.74) is 0.133. The molecule has 4 aromatic rings. The van der Waals surface area contributed by atoms with Gasteiger partial charge in [0.15, 0.2) is 9.76 Å². The van der Waals surface area contributed by atoms with Crippen LogP contribution in [0.3, 0.4) is 0 Å². The Kier molecular flexibility index (Phi) is 9.81. The van der Waals surface area contributed by atoms with Crippen LogP contribution >= 0.6 is 11.3 Å². The molecule has 3 aromatic heterocycles. The summed E-state index contributed by atoms with van der Waals surface area (Å²) in [6.07, 6.45) is -1.15. The minimum Gasteiger partial charge on any atom is -0.543 e. The molecule has 0 fully saturated rings. The second-order valence-electron chi connectivity index (χ2n) is 17.9. The number of thiophene rings is 1. The Morgan fingerprint density at radius 3 is 1.92 bits per heavy atom. The Labute approximate surface area is 293 Å². The van der Waals surface area contributed by atoms with Crippen molar-refractivity contribution in [3.05, 3.63) is 35.2 Å². The summed E-state index contributed by atoms with van der Waals surface area (Å²) in [6.45, 7) is 32.6. The van der Waals surface area contributed by atoms with Gasteiger partial charge in [-0.05, 0) is 103 Å². The van der Waals surface area contributed by atoms with Gasteiger partial charge in [0.2, 0.25) is 8.32 Å². The highest BCUT2D eigenvalue weighted by Gasteiger charge is 2.39. The van der Waals surface area contributed by atoms with Gasteiger partial charge >= 0.3 is 12.2 Å². The van der Waals surface area contributed by atoms with Gasteiger partial charge in [-0.2, -0.15) is 9.78 Å². The molecule has 264 valence electrons. The molecule has 0 bridgehead atoms. The van der Waals surface area contributed by atoms with Gasteiger partial charge in [0.05, 0.1) is 27.0 Å². The Morgan fingerprint density at radius 2 is 1.38 bits per heavy atom. The van der Waals surface area contributed by atoms with Crippen molar-refractivity contribution in [3.63, 3.8) is 0 Å². The molecule has 4 rings (SSSR count). The van der Waals surface area contributed by atoms with Crippen molar-refractivity contribution in [2.45, 2.75) is 137 Å². The molecular weight excluding hydrogens is 659 g/mol. The van der Waals surface area contributed by atoms with Crippen molar-refractivity contribution in [1.82, 2.24) is 14.3 Å². The third-order valence-corrected chi connectivity index (χ3v) is 15.7. The quantitative estimate of drug-likeness (QED) is 0.184. The predicted octanol–water partition coefficient (Wildman–Crippen LogP) is 10.2. The standard InChI is InChI=1S/C36H55N3O6SSi2/c1-32(2,3)42-30(40)38-24-20-23(44-48(15,16)35(10,11)12)18-17-22(24)19-25(38)28-29-26(39(37-28)31(41)43-33(4,5)6)21-27(46-29)36(13,14)45-47-34(7,8)9/h17-21H,47H2,1-16H3. The molecule has 0 radical (unpaired) electrons. The SMILES string of the molecule is CC(C)(C)OC(=O)n1nc(-c2cc3ccc(O[Si](C)(C)C(C)(C)C)cc3n2C(=O)OC(C)(C)C)c2sc(C(C)(C)O[SiH2]C(C)(C)C)cc21. The zero-order valence-electron chi connectivity index (χ0n) is 31.8. The van der Waals surface area contributed by atoms with E-state index < -0.39 is 47.1 Å². The van der Waals surface area contributed by atoms with Gasteiger partial charge in [0, 0.05) is 16.3 Å². The molecule has 12 heteroatoms. The first-order chi connectivity index (χ1) is 21.6. The third-order valence-electron chi connectivity index (χ3n) is 8.16. The lowest BCUT2D eigenvalue weighted by molar-refractivity contribution is 0.0520. The number of nitrogens with zero attached hydrogens (tertiary/aromatic N) is 3. The van der Waals surface area contributed by atoms with Crippen molar-refractivity contribution in [3.8, 4) is 17.1 Å². The molecule has 1 aromatic carbocycles. The third kappa shape index (κ3) is 8.43. The minimum absolute atomic E-state index is 0.00980. The summed E-state index contributed by atoms with van der Waals surface area (Å²) < 4.78 is 28.6. The Hall–Kier alpha value is -2.94. The molecule has 0 spiro atoms. The van der Waals surface area contributed by atoms with E-state index >= 15 is 0 Å². The number of ether oxygens (including phenoxy) is 2. The van der Waals surface area contributed by atoms with E-state index in [1.54, 1.807) is 4.57 Å². The summed E-state index contributed by atoms with van der Waals surface area (Å²) in [4.78, 5) is 28.6. The zero-order valence-corrected chi connectivity index (χ0v) is 35.0. The Bertz CT molecular complexity index is 1840. The molecule has 0 atom stereocenters. The molecule has 0 aliphatic rings. The summed E-state index contributed by atoms with van der Waals surface area (Å²) in [5.74, 6) is 0.688. The summed E-state index contributed by atoms with van der Waals surface area (Å²) in [6, 6.07) is 9.69. The maximum atomic E-state index is 14.1. The fraction of sp³-hybridized carbons (Fsp3) is 0.583. The maximum Gasteiger partial charge on any atom is 0.435 e. The van der Waals surface area contributed by atoms with Crippen molar-refractivity contribution in [2.24, 2.45) is 0 Å². The molecule has 0 saturated heterocycles. The normalized spacial score (nSPS) is 14.0. The van der Waals surface area contributed by atoms with Gasteiger partial charge in [0.25, 0.3) is 0 Å². The van der Waals surface area contributed by atoms with Crippen LogP contribution in [-0.2, 0) is 19.5 Å². The van der Waals surface area contributed by atoms with Crippen LogP contribution in [0.2, 0.25) is 23.2 Å². The number of hydrogen-bond donors (Lipinski definition) is 0. The number of rotatable bonds is 6. The van der Waals surface area contributed by atoms with E-state index in [1.807, 2.05) is 71.9 Å². The van der Waals surface area contributed by atoms with E-state index in [4.69, 9.17) is 23.4 Å². The Balaban J connectivity index is 1.99. The molecule has 0 aliphatic carbocycles. The maximum absolute atomic E-state index is 14.1. The highest BCUT2D eigenvalue weighted by molar-refractivity contribution is 7.19. The van der Waals surface area contributed by atoms with E-state index in [2.05, 4.69) is 68.5 Å². The monoisotopic (exact) mass is 713 g/mol. The number of carbonyl (C=O) groups is 2. The average Bonchev–Trinajstić information content (AvgIpc) is 3.56. The second-order valence-corrected chi connectivity index (χ2v) is 26.3. The van der Waals surface area contributed by atoms with Gasteiger partial charge < -0.3 is 18.3 Å². The fourth-order valence-corrected chi connectivity index (χ4v) is 7.92. The van der Waals surface area contributed by atoms with Gasteiger partial charge in [0.1, 0.15) is 22.6 Å². The molecule has 48 heavy (non-hydrogen) atoms. The topological polar surface area (TPSA) is 93.8 Å². The van der Waals surface area contributed by atoms with Crippen LogP contribution in [0.1, 0.15) is 102 Å². The number of fused-ring (bicyclic) bond motifs is 2. The number of aromatic nitrogens is 3. The number of carbonyl (C=O) groups excluding carboxylic acids is 2. The Morgan fingerprint density at radius 1 is 0.792 bits per heavy atom. The second kappa shape index (κ2) is 12.4. The number of benzene rings is 1. The largest absolute Gasteiger partial charge is 0.543 e. The lowest BCUT2D eigenvalue weighted by atomic mass is 10.1. The zero-order chi connectivity index (χ0) is 36.4.